The van der Waals surface area contributed by atoms with Crippen molar-refractivity contribution in [2.24, 2.45) is 5.41 Å². The molecule has 5 heteroatoms. The van der Waals surface area contributed by atoms with E-state index in [1.807, 2.05) is 18.2 Å². The summed E-state index contributed by atoms with van der Waals surface area (Å²) in [4.78, 5) is 16.2. The molecule has 2 heterocycles. The third-order valence-corrected chi connectivity index (χ3v) is 4.59. The third-order valence-electron chi connectivity index (χ3n) is 4.59. The van der Waals surface area contributed by atoms with E-state index in [-0.39, 0.29) is 17.5 Å². The van der Waals surface area contributed by atoms with Crippen molar-refractivity contribution in [2.45, 2.75) is 45.6 Å². The molecular formula is C17H27N3O2. The van der Waals surface area contributed by atoms with Crippen LogP contribution >= 0.6 is 0 Å². The van der Waals surface area contributed by atoms with Crippen molar-refractivity contribution in [3.63, 3.8) is 0 Å². The van der Waals surface area contributed by atoms with Crippen LogP contribution in [0.4, 0.5) is 5.82 Å². The Bertz CT molecular complexity index is 460. The number of carbonyl (C=O) groups is 1. The fourth-order valence-corrected chi connectivity index (χ4v) is 2.96. The molecule has 1 aromatic heterocycles. The van der Waals surface area contributed by atoms with Crippen molar-refractivity contribution >= 4 is 11.8 Å². The predicted octanol–water partition coefficient (Wildman–Crippen LogP) is 2.60. The van der Waals surface area contributed by atoms with Gasteiger partial charge >= 0.3 is 5.97 Å². The number of nitrogens with one attached hydrogen (secondary N) is 2. The van der Waals surface area contributed by atoms with Crippen LogP contribution in [0.1, 0.15) is 39.5 Å². The summed E-state index contributed by atoms with van der Waals surface area (Å²) in [5.74, 6) is 0.893. The van der Waals surface area contributed by atoms with E-state index < -0.39 is 0 Å². The van der Waals surface area contributed by atoms with Gasteiger partial charge in [0, 0.05) is 25.7 Å². The van der Waals surface area contributed by atoms with Gasteiger partial charge in [-0.15, -0.1) is 0 Å². The van der Waals surface area contributed by atoms with E-state index in [4.69, 9.17) is 4.74 Å². The van der Waals surface area contributed by atoms with Crippen molar-refractivity contribution < 1.29 is 9.53 Å². The first-order valence-electron chi connectivity index (χ1n) is 8.27. The minimum Gasteiger partial charge on any atom is -0.462 e. The second-order valence-electron chi connectivity index (χ2n) is 5.90. The number of hydrogen-bond acceptors (Lipinski definition) is 5. The third kappa shape index (κ3) is 4.19. The first-order valence-corrected chi connectivity index (χ1v) is 8.27. The molecule has 22 heavy (non-hydrogen) atoms. The van der Waals surface area contributed by atoms with Gasteiger partial charge in [-0.3, -0.25) is 4.79 Å². The van der Waals surface area contributed by atoms with E-state index in [0.29, 0.717) is 0 Å². The molecule has 5 nitrogen and oxygen atoms in total. The van der Waals surface area contributed by atoms with Crippen molar-refractivity contribution in [3.05, 3.63) is 24.4 Å². The maximum absolute atomic E-state index is 12.0. The zero-order valence-electron chi connectivity index (χ0n) is 13.6. The predicted molar refractivity (Wildman–Crippen MR) is 87.7 cm³/mol. The smallest absolute Gasteiger partial charge is 0.312 e. The summed E-state index contributed by atoms with van der Waals surface area (Å²) < 4.78 is 5.53. The second-order valence-corrected chi connectivity index (χ2v) is 5.90. The van der Waals surface area contributed by atoms with Gasteiger partial charge in [-0.25, -0.2) is 4.98 Å². The standard InChI is InChI=1S/C17H27N3O2/c1-3-17(4-2)13-14(22-16(17)21)8-10-18-11-12-20-15-7-5-6-9-19-15/h5-7,9,14,18H,3-4,8,10-13H2,1-2H3,(H,19,20). The zero-order chi connectivity index (χ0) is 15.8. The number of aromatic nitrogens is 1. The van der Waals surface area contributed by atoms with Gasteiger partial charge < -0.3 is 15.4 Å². The maximum atomic E-state index is 12.0. The molecule has 1 atom stereocenters. The number of nitrogens with zero attached hydrogens (tertiary/aromatic N) is 1. The molecule has 0 amide bonds. The lowest BCUT2D eigenvalue weighted by Crippen LogP contribution is -2.26. The highest BCUT2D eigenvalue weighted by Gasteiger charge is 2.45. The minimum absolute atomic E-state index is 0.000631. The molecule has 0 saturated carbocycles. The van der Waals surface area contributed by atoms with Crippen LogP contribution in [0.2, 0.25) is 0 Å². The van der Waals surface area contributed by atoms with E-state index in [1.165, 1.54) is 0 Å². The summed E-state index contributed by atoms with van der Waals surface area (Å²) in [6.45, 7) is 6.72. The van der Waals surface area contributed by atoms with Gasteiger partial charge in [0.2, 0.25) is 0 Å². The van der Waals surface area contributed by atoms with Crippen molar-refractivity contribution in [1.29, 1.82) is 0 Å². The molecule has 0 radical (unpaired) electrons. The van der Waals surface area contributed by atoms with Gasteiger partial charge in [0.15, 0.2) is 0 Å². The van der Waals surface area contributed by atoms with Crippen LogP contribution in [-0.4, -0.2) is 36.7 Å². The number of ether oxygens (including phenoxy) is 1. The van der Waals surface area contributed by atoms with Crippen molar-refractivity contribution in [2.75, 3.05) is 25.0 Å². The Morgan fingerprint density at radius 3 is 2.73 bits per heavy atom. The lowest BCUT2D eigenvalue weighted by molar-refractivity contribution is -0.149. The number of rotatable bonds is 9. The Hall–Kier alpha value is -1.62. The fraction of sp³-hybridized carbons (Fsp3) is 0.647. The highest BCUT2D eigenvalue weighted by molar-refractivity contribution is 5.78. The van der Waals surface area contributed by atoms with Crippen LogP contribution in [0, 0.1) is 5.41 Å². The van der Waals surface area contributed by atoms with Gasteiger partial charge in [-0.05, 0) is 37.9 Å². The maximum Gasteiger partial charge on any atom is 0.312 e. The Morgan fingerprint density at radius 1 is 1.27 bits per heavy atom. The molecule has 122 valence electrons. The van der Waals surface area contributed by atoms with Gasteiger partial charge in [0.1, 0.15) is 11.9 Å². The monoisotopic (exact) mass is 305 g/mol. The fourth-order valence-electron chi connectivity index (χ4n) is 2.96. The molecule has 0 aromatic carbocycles. The van der Waals surface area contributed by atoms with E-state index >= 15 is 0 Å². The lowest BCUT2D eigenvalue weighted by atomic mass is 9.79. The quantitative estimate of drug-likeness (QED) is 0.542. The number of anilines is 1. The highest BCUT2D eigenvalue weighted by atomic mass is 16.6. The summed E-state index contributed by atoms with van der Waals surface area (Å²) in [5, 5.41) is 6.63. The van der Waals surface area contributed by atoms with Gasteiger partial charge in [-0.2, -0.15) is 0 Å². The zero-order valence-corrected chi connectivity index (χ0v) is 13.6. The van der Waals surface area contributed by atoms with Crippen LogP contribution in [0.15, 0.2) is 24.4 Å². The molecule has 0 aliphatic carbocycles. The van der Waals surface area contributed by atoms with E-state index in [2.05, 4.69) is 29.5 Å². The molecule has 2 rings (SSSR count). The van der Waals surface area contributed by atoms with Crippen LogP contribution < -0.4 is 10.6 Å². The number of esters is 1. The average Bonchev–Trinajstić information content (AvgIpc) is 2.88. The Balaban J connectivity index is 1.59. The van der Waals surface area contributed by atoms with Gasteiger partial charge in [0.05, 0.1) is 5.41 Å². The molecular weight excluding hydrogens is 278 g/mol. The normalized spacial score (nSPS) is 19.9. The Labute approximate surface area is 132 Å². The SMILES string of the molecule is CCC1(CC)CC(CCNCCNc2ccccn2)OC1=O. The number of carbonyl (C=O) groups excluding carboxylic acids is 1. The first kappa shape index (κ1) is 16.7. The van der Waals surface area contributed by atoms with E-state index in [9.17, 15) is 4.79 Å². The highest BCUT2D eigenvalue weighted by Crippen LogP contribution is 2.40. The molecule has 0 spiro atoms. The molecule has 2 N–H and O–H groups in total. The average molecular weight is 305 g/mol. The molecule has 1 saturated heterocycles. The number of hydrogen-bond donors (Lipinski definition) is 2. The Kier molecular flexibility index (Phi) is 6.19. The topological polar surface area (TPSA) is 63.3 Å². The summed E-state index contributed by atoms with van der Waals surface area (Å²) in [5.41, 5.74) is -0.231. The number of cyclic esters (lactones) is 1. The van der Waals surface area contributed by atoms with E-state index in [1.54, 1.807) is 6.20 Å². The lowest BCUT2D eigenvalue weighted by Gasteiger charge is -2.20. The van der Waals surface area contributed by atoms with Crippen LogP contribution in [-0.2, 0) is 9.53 Å². The molecule has 1 fully saturated rings. The molecule has 0 bridgehead atoms. The largest absolute Gasteiger partial charge is 0.462 e. The molecule has 1 aromatic rings. The second kappa shape index (κ2) is 8.13. The summed E-state index contributed by atoms with van der Waals surface area (Å²) in [6.07, 6.45) is 5.35. The minimum atomic E-state index is -0.231. The first-order chi connectivity index (χ1) is 10.7. The number of pyridine rings is 1. The van der Waals surface area contributed by atoms with Crippen LogP contribution in [0.5, 0.6) is 0 Å². The van der Waals surface area contributed by atoms with Crippen molar-refractivity contribution in [1.82, 2.24) is 10.3 Å². The summed E-state index contributed by atoms with van der Waals surface area (Å²) >= 11 is 0. The summed E-state index contributed by atoms with van der Waals surface area (Å²) in [7, 11) is 0. The van der Waals surface area contributed by atoms with Crippen molar-refractivity contribution in [3.8, 4) is 0 Å². The molecule has 1 aliphatic rings. The molecule has 1 aliphatic heterocycles. The Morgan fingerprint density at radius 2 is 2.09 bits per heavy atom. The van der Waals surface area contributed by atoms with Gasteiger partial charge in [0.25, 0.3) is 0 Å². The van der Waals surface area contributed by atoms with Crippen LogP contribution in [0.25, 0.3) is 0 Å². The van der Waals surface area contributed by atoms with Crippen LogP contribution in [0.3, 0.4) is 0 Å². The van der Waals surface area contributed by atoms with Gasteiger partial charge in [-0.1, -0.05) is 19.9 Å². The molecule has 1 unspecified atom stereocenters. The van der Waals surface area contributed by atoms with E-state index in [0.717, 1.165) is 51.1 Å². The summed E-state index contributed by atoms with van der Waals surface area (Å²) in [6, 6.07) is 5.82.